The minimum atomic E-state index is -0.655. The second-order valence-corrected chi connectivity index (χ2v) is 6.58. The first kappa shape index (κ1) is 14.7. The predicted octanol–water partition coefficient (Wildman–Crippen LogP) is 3.05. The molecule has 120 valence electrons. The molecule has 1 aromatic heterocycles. The van der Waals surface area contributed by atoms with Gasteiger partial charge in [-0.25, -0.2) is 0 Å². The number of carbonyl (C=O) groups excluding carboxylic acids is 2. The number of nitrogens with zero attached hydrogens (tertiary/aromatic N) is 1. The molecule has 0 N–H and O–H groups in total. The van der Waals surface area contributed by atoms with Crippen LogP contribution in [0, 0.1) is 0 Å². The fourth-order valence-electron chi connectivity index (χ4n) is 3.41. The van der Waals surface area contributed by atoms with Crippen LogP contribution in [0.4, 0.5) is 0 Å². The van der Waals surface area contributed by atoms with Crippen LogP contribution >= 0.6 is 11.6 Å². The van der Waals surface area contributed by atoms with Crippen molar-refractivity contribution in [2.75, 3.05) is 19.7 Å². The van der Waals surface area contributed by atoms with Crippen molar-refractivity contribution in [2.45, 2.75) is 24.9 Å². The molecule has 0 radical (unpaired) electrons. The van der Waals surface area contributed by atoms with E-state index < -0.39 is 5.60 Å². The predicted molar refractivity (Wildman–Crippen MR) is 84.7 cm³/mol. The second kappa shape index (κ2) is 5.35. The number of hydrogen-bond donors (Lipinski definition) is 0. The van der Waals surface area contributed by atoms with Crippen LogP contribution < -0.4 is 0 Å². The van der Waals surface area contributed by atoms with Gasteiger partial charge < -0.3 is 14.1 Å². The highest BCUT2D eigenvalue weighted by Gasteiger charge is 2.46. The lowest BCUT2D eigenvalue weighted by Gasteiger charge is -2.36. The Kier molecular flexibility index (Phi) is 3.43. The Balaban J connectivity index is 1.55. The van der Waals surface area contributed by atoms with Gasteiger partial charge in [-0.15, -0.1) is 0 Å². The summed E-state index contributed by atoms with van der Waals surface area (Å²) in [6, 6.07) is 6.87. The number of furan rings is 1. The fourth-order valence-corrected chi connectivity index (χ4v) is 3.60. The number of fused-ring (bicyclic) bond motifs is 1. The van der Waals surface area contributed by atoms with Crippen LogP contribution in [-0.2, 0) is 9.53 Å². The van der Waals surface area contributed by atoms with Crippen LogP contribution in [0.1, 0.15) is 29.8 Å². The van der Waals surface area contributed by atoms with Gasteiger partial charge in [-0.3, -0.25) is 9.59 Å². The van der Waals surface area contributed by atoms with E-state index in [2.05, 4.69) is 0 Å². The normalized spacial score (nSPS) is 24.7. The molecule has 1 unspecified atom stereocenters. The zero-order valence-electron chi connectivity index (χ0n) is 12.5. The second-order valence-electron chi connectivity index (χ2n) is 6.14. The molecular formula is C17H16ClNO4. The zero-order chi connectivity index (χ0) is 16.0. The lowest BCUT2D eigenvalue weighted by molar-refractivity contribution is -0.144. The van der Waals surface area contributed by atoms with E-state index in [0.29, 0.717) is 30.2 Å². The molecule has 0 bridgehead atoms. The molecule has 2 aromatic rings. The van der Waals surface area contributed by atoms with Gasteiger partial charge in [-0.2, -0.15) is 0 Å². The number of rotatable bonds is 1. The highest BCUT2D eigenvalue weighted by molar-refractivity contribution is 6.31. The number of ether oxygens (including phenoxy) is 1. The molecule has 0 saturated carbocycles. The van der Waals surface area contributed by atoms with E-state index in [1.807, 2.05) is 0 Å². The van der Waals surface area contributed by atoms with Crippen LogP contribution in [0.2, 0.25) is 5.02 Å². The first-order valence-electron chi connectivity index (χ1n) is 7.73. The zero-order valence-corrected chi connectivity index (χ0v) is 13.3. The third-order valence-corrected chi connectivity index (χ3v) is 4.94. The van der Waals surface area contributed by atoms with Crippen LogP contribution in [0.3, 0.4) is 0 Å². The summed E-state index contributed by atoms with van der Waals surface area (Å²) >= 11 is 5.95. The molecule has 4 rings (SSSR count). The molecule has 1 amide bonds. The Hall–Kier alpha value is -1.85. The average Bonchev–Trinajstić information content (AvgIpc) is 3.16. The molecule has 2 aliphatic heterocycles. The molecule has 23 heavy (non-hydrogen) atoms. The molecule has 0 aliphatic carbocycles. The number of benzene rings is 1. The highest BCUT2D eigenvalue weighted by Crippen LogP contribution is 2.34. The molecule has 2 fully saturated rings. The standard InChI is InChI=1S/C17H16ClNO4/c18-12-2-3-13-11(8-12)9-14(23-13)16(21)19-6-5-17(15(20)10-19)4-1-7-22-17/h2-3,8-9H,1,4-7,10H2. The molecule has 1 aromatic carbocycles. The van der Waals surface area contributed by atoms with Gasteiger partial charge in [0.25, 0.3) is 5.91 Å². The van der Waals surface area contributed by atoms with E-state index in [4.69, 9.17) is 20.8 Å². The van der Waals surface area contributed by atoms with Crippen molar-refractivity contribution in [3.63, 3.8) is 0 Å². The highest BCUT2D eigenvalue weighted by atomic mass is 35.5. The lowest BCUT2D eigenvalue weighted by Crippen LogP contribution is -2.53. The van der Waals surface area contributed by atoms with Gasteiger partial charge in [0.1, 0.15) is 11.2 Å². The minimum Gasteiger partial charge on any atom is -0.451 e. The third kappa shape index (κ3) is 2.44. The Labute approximate surface area is 138 Å². The van der Waals surface area contributed by atoms with Crippen molar-refractivity contribution in [1.29, 1.82) is 0 Å². The van der Waals surface area contributed by atoms with Crippen LogP contribution in [0.15, 0.2) is 28.7 Å². The largest absolute Gasteiger partial charge is 0.451 e. The van der Waals surface area contributed by atoms with Crippen LogP contribution in [0.25, 0.3) is 11.0 Å². The molecule has 6 heteroatoms. The van der Waals surface area contributed by atoms with Crippen molar-refractivity contribution in [3.05, 3.63) is 35.0 Å². The molecule has 2 saturated heterocycles. The quantitative estimate of drug-likeness (QED) is 0.804. The van der Waals surface area contributed by atoms with E-state index in [9.17, 15) is 9.59 Å². The van der Waals surface area contributed by atoms with E-state index in [0.717, 1.165) is 18.2 Å². The summed E-state index contributed by atoms with van der Waals surface area (Å²) in [7, 11) is 0. The van der Waals surface area contributed by atoms with Gasteiger partial charge >= 0.3 is 0 Å². The number of carbonyl (C=O) groups is 2. The molecule has 1 atom stereocenters. The van der Waals surface area contributed by atoms with E-state index in [1.165, 1.54) is 4.90 Å². The lowest BCUT2D eigenvalue weighted by atomic mass is 9.87. The van der Waals surface area contributed by atoms with Crippen molar-refractivity contribution >= 4 is 34.3 Å². The molecule has 1 spiro atoms. The number of halogens is 1. The van der Waals surface area contributed by atoms with E-state index in [-0.39, 0.29) is 24.0 Å². The van der Waals surface area contributed by atoms with E-state index >= 15 is 0 Å². The molecule has 5 nitrogen and oxygen atoms in total. The van der Waals surface area contributed by atoms with Crippen molar-refractivity contribution in [3.8, 4) is 0 Å². The Morgan fingerprint density at radius 1 is 1.26 bits per heavy atom. The van der Waals surface area contributed by atoms with Crippen molar-refractivity contribution in [2.24, 2.45) is 0 Å². The van der Waals surface area contributed by atoms with Crippen molar-refractivity contribution in [1.82, 2.24) is 4.90 Å². The van der Waals surface area contributed by atoms with Crippen LogP contribution in [-0.4, -0.2) is 41.9 Å². The Bertz CT molecular complexity index is 791. The summed E-state index contributed by atoms with van der Waals surface area (Å²) in [5, 5.41) is 1.37. The first-order chi connectivity index (χ1) is 11.1. The number of ketones is 1. The van der Waals surface area contributed by atoms with Crippen molar-refractivity contribution < 1.29 is 18.7 Å². The molecular weight excluding hydrogens is 318 g/mol. The summed E-state index contributed by atoms with van der Waals surface area (Å²) in [5.41, 5.74) is -0.0465. The first-order valence-corrected chi connectivity index (χ1v) is 8.11. The summed E-state index contributed by atoms with van der Waals surface area (Å²) < 4.78 is 11.3. The fraction of sp³-hybridized carbons (Fsp3) is 0.412. The number of Topliss-reactive ketones (excluding diaryl/α,β-unsaturated/α-hetero) is 1. The Morgan fingerprint density at radius 2 is 2.13 bits per heavy atom. The van der Waals surface area contributed by atoms with Gasteiger partial charge in [0.05, 0.1) is 6.54 Å². The summed E-state index contributed by atoms with van der Waals surface area (Å²) in [6.45, 7) is 1.21. The van der Waals surface area contributed by atoms with Gasteiger partial charge in [0.2, 0.25) is 0 Å². The minimum absolute atomic E-state index is 0.00578. The maximum absolute atomic E-state index is 12.6. The molecule has 3 heterocycles. The van der Waals surface area contributed by atoms with Crippen LogP contribution in [0.5, 0.6) is 0 Å². The monoisotopic (exact) mass is 333 g/mol. The van der Waals surface area contributed by atoms with E-state index in [1.54, 1.807) is 24.3 Å². The topological polar surface area (TPSA) is 59.8 Å². The Morgan fingerprint density at radius 3 is 2.87 bits per heavy atom. The maximum atomic E-state index is 12.6. The van der Waals surface area contributed by atoms with Gasteiger partial charge in [0, 0.05) is 30.0 Å². The number of likely N-dealkylation sites (tertiary alicyclic amines) is 1. The number of piperidine rings is 1. The number of amides is 1. The van der Waals surface area contributed by atoms with Gasteiger partial charge in [-0.1, -0.05) is 11.6 Å². The maximum Gasteiger partial charge on any atom is 0.290 e. The third-order valence-electron chi connectivity index (χ3n) is 4.71. The SMILES string of the molecule is O=C(c1cc2cc(Cl)ccc2o1)N1CCC2(CCCO2)C(=O)C1. The molecule has 2 aliphatic rings. The summed E-state index contributed by atoms with van der Waals surface area (Å²) in [4.78, 5) is 26.6. The number of hydrogen-bond acceptors (Lipinski definition) is 4. The van der Waals surface area contributed by atoms with Gasteiger partial charge in [-0.05, 0) is 37.1 Å². The van der Waals surface area contributed by atoms with Gasteiger partial charge in [0.15, 0.2) is 11.5 Å². The summed E-state index contributed by atoms with van der Waals surface area (Å²) in [6.07, 6.45) is 2.23. The summed E-state index contributed by atoms with van der Waals surface area (Å²) in [5.74, 6) is -0.0365. The smallest absolute Gasteiger partial charge is 0.290 e. The average molecular weight is 334 g/mol.